The summed E-state index contributed by atoms with van der Waals surface area (Å²) in [6, 6.07) is 0. The maximum atomic E-state index is 2.40. The summed E-state index contributed by atoms with van der Waals surface area (Å²) in [5.41, 5.74) is 0.637. The van der Waals surface area contributed by atoms with Crippen molar-refractivity contribution >= 4 is 0 Å². The van der Waals surface area contributed by atoms with Crippen LogP contribution in [-0.2, 0) is 0 Å². The predicted octanol–water partition coefficient (Wildman–Crippen LogP) is 3.22. The molecule has 0 atom stereocenters. The van der Waals surface area contributed by atoms with E-state index in [4.69, 9.17) is 0 Å². The van der Waals surface area contributed by atoms with Crippen molar-refractivity contribution in [2.24, 2.45) is 11.3 Å². The number of hydrogen-bond acceptors (Lipinski definition) is 0. The van der Waals surface area contributed by atoms with Gasteiger partial charge in [-0.2, -0.15) is 0 Å². The highest BCUT2D eigenvalue weighted by atomic mass is 14.4. The second-order valence-corrected chi connectivity index (χ2v) is 3.97. The van der Waals surface area contributed by atoms with E-state index in [-0.39, 0.29) is 0 Å². The van der Waals surface area contributed by atoms with E-state index in [1.54, 1.807) is 0 Å². The van der Waals surface area contributed by atoms with Crippen LogP contribution < -0.4 is 0 Å². The normalized spacial score (nSPS) is 21.7. The van der Waals surface area contributed by atoms with Crippen LogP contribution in [0.2, 0.25) is 0 Å². The van der Waals surface area contributed by atoms with Crippen molar-refractivity contribution in [2.75, 3.05) is 0 Å². The fourth-order valence-electron chi connectivity index (χ4n) is 1.48. The van der Waals surface area contributed by atoms with Gasteiger partial charge in [0.1, 0.15) is 0 Å². The van der Waals surface area contributed by atoms with Crippen LogP contribution in [0.15, 0.2) is 0 Å². The Morgan fingerprint density at radius 3 is 2.00 bits per heavy atom. The Bertz CT molecular complexity index is 88.2. The summed E-state index contributed by atoms with van der Waals surface area (Å²) in [6.07, 6.45) is 5.80. The summed E-state index contributed by atoms with van der Waals surface area (Å²) >= 11 is 0. The molecule has 0 aromatic rings. The molecule has 1 rings (SSSR count). The van der Waals surface area contributed by atoms with Crippen molar-refractivity contribution in [1.82, 2.24) is 0 Å². The highest BCUT2D eigenvalue weighted by Gasteiger charge is 2.31. The van der Waals surface area contributed by atoms with Gasteiger partial charge in [-0.05, 0) is 24.2 Å². The SMILES string of the molecule is CCC(C)(C)C1CCC1. The Morgan fingerprint density at radius 1 is 1.33 bits per heavy atom. The summed E-state index contributed by atoms with van der Waals surface area (Å²) in [7, 11) is 0. The Kier molecular flexibility index (Phi) is 1.83. The average molecular weight is 126 g/mol. The summed E-state index contributed by atoms with van der Waals surface area (Å²) in [6.45, 7) is 7.10. The third-order valence-corrected chi connectivity index (χ3v) is 3.12. The number of hydrogen-bond donors (Lipinski definition) is 0. The van der Waals surface area contributed by atoms with Gasteiger partial charge < -0.3 is 0 Å². The fraction of sp³-hybridized carbons (Fsp3) is 1.00. The van der Waals surface area contributed by atoms with E-state index in [9.17, 15) is 0 Å². The fourth-order valence-corrected chi connectivity index (χ4v) is 1.48. The molecule has 0 amide bonds. The molecule has 54 valence electrons. The van der Waals surface area contributed by atoms with Crippen LogP contribution >= 0.6 is 0 Å². The first kappa shape index (κ1) is 7.11. The van der Waals surface area contributed by atoms with Gasteiger partial charge in [0.05, 0.1) is 0 Å². The Morgan fingerprint density at radius 2 is 1.89 bits per heavy atom. The van der Waals surface area contributed by atoms with E-state index in [0.29, 0.717) is 5.41 Å². The lowest BCUT2D eigenvalue weighted by atomic mass is 9.66. The minimum atomic E-state index is 0.637. The maximum Gasteiger partial charge on any atom is -0.0329 e. The van der Waals surface area contributed by atoms with Crippen LogP contribution in [0.3, 0.4) is 0 Å². The molecule has 0 unspecified atom stereocenters. The van der Waals surface area contributed by atoms with Gasteiger partial charge in [-0.1, -0.05) is 33.6 Å². The minimum absolute atomic E-state index is 0.637. The number of rotatable bonds is 2. The highest BCUT2D eigenvalue weighted by Crippen LogP contribution is 2.43. The molecule has 0 radical (unpaired) electrons. The molecule has 0 aliphatic heterocycles. The van der Waals surface area contributed by atoms with Crippen molar-refractivity contribution in [3.8, 4) is 0 Å². The van der Waals surface area contributed by atoms with Crippen molar-refractivity contribution in [3.05, 3.63) is 0 Å². The van der Waals surface area contributed by atoms with Crippen LogP contribution in [0.25, 0.3) is 0 Å². The van der Waals surface area contributed by atoms with Crippen LogP contribution in [0.5, 0.6) is 0 Å². The van der Waals surface area contributed by atoms with E-state index < -0.39 is 0 Å². The topological polar surface area (TPSA) is 0 Å². The molecule has 0 bridgehead atoms. The van der Waals surface area contributed by atoms with Crippen molar-refractivity contribution in [3.63, 3.8) is 0 Å². The third kappa shape index (κ3) is 1.28. The third-order valence-electron chi connectivity index (χ3n) is 3.12. The minimum Gasteiger partial charge on any atom is -0.0649 e. The quantitative estimate of drug-likeness (QED) is 0.533. The predicted molar refractivity (Wildman–Crippen MR) is 41.4 cm³/mol. The largest absolute Gasteiger partial charge is 0.0649 e. The van der Waals surface area contributed by atoms with Gasteiger partial charge in [-0.15, -0.1) is 0 Å². The van der Waals surface area contributed by atoms with Crippen LogP contribution in [0.4, 0.5) is 0 Å². The second-order valence-electron chi connectivity index (χ2n) is 3.97. The van der Waals surface area contributed by atoms with E-state index in [1.165, 1.54) is 25.7 Å². The standard InChI is InChI=1S/C9H18/c1-4-9(2,3)8-6-5-7-8/h8H,4-7H2,1-3H3. The average Bonchev–Trinajstić information content (AvgIpc) is 1.60. The van der Waals surface area contributed by atoms with E-state index >= 15 is 0 Å². The monoisotopic (exact) mass is 126 g/mol. The van der Waals surface area contributed by atoms with Gasteiger partial charge in [0.15, 0.2) is 0 Å². The molecule has 9 heavy (non-hydrogen) atoms. The van der Waals surface area contributed by atoms with Gasteiger partial charge in [-0.3, -0.25) is 0 Å². The molecule has 1 saturated carbocycles. The van der Waals surface area contributed by atoms with Crippen molar-refractivity contribution in [2.45, 2.75) is 46.5 Å². The lowest BCUT2D eigenvalue weighted by molar-refractivity contribution is 0.116. The van der Waals surface area contributed by atoms with Gasteiger partial charge in [0.2, 0.25) is 0 Å². The molecule has 1 aliphatic rings. The molecule has 0 saturated heterocycles. The zero-order valence-electron chi connectivity index (χ0n) is 6.91. The van der Waals surface area contributed by atoms with Gasteiger partial charge in [-0.25, -0.2) is 0 Å². The first-order valence-corrected chi connectivity index (χ1v) is 4.17. The van der Waals surface area contributed by atoms with E-state index in [1.807, 2.05) is 0 Å². The smallest absolute Gasteiger partial charge is 0.0329 e. The lowest BCUT2D eigenvalue weighted by Gasteiger charge is -2.39. The molecule has 0 nitrogen and oxygen atoms in total. The molecule has 0 heterocycles. The molecule has 1 aliphatic carbocycles. The summed E-state index contributed by atoms with van der Waals surface area (Å²) in [5.74, 6) is 1.04. The molecule has 0 aromatic carbocycles. The lowest BCUT2D eigenvalue weighted by Crippen LogP contribution is -2.28. The van der Waals surface area contributed by atoms with Crippen molar-refractivity contribution in [1.29, 1.82) is 0 Å². The molecule has 0 aromatic heterocycles. The Balaban J connectivity index is 2.37. The van der Waals surface area contributed by atoms with Crippen LogP contribution in [0.1, 0.15) is 46.5 Å². The summed E-state index contributed by atoms with van der Waals surface area (Å²) in [4.78, 5) is 0. The van der Waals surface area contributed by atoms with Crippen LogP contribution in [-0.4, -0.2) is 0 Å². The highest BCUT2D eigenvalue weighted by molar-refractivity contribution is 4.82. The van der Waals surface area contributed by atoms with Crippen LogP contribution in [0, 0.1) is 11.3 Å². The molecule has 0 heteroatoms. The Labute approximate surface area is 58.7 Å². The second kappa shape index (κ2) is 2.32. The summed E-state index contributed by atoms with van der Waals surface area (Å²) < 4.78 is 0. The first-order valence-electron chi connectivity index (χ1n) is 4.17. The molecular weight excluding hydrogens is 108 g/mol. The van der Waals surface area contributed by atoms with E-state index in [0.717, 1.165) is 5.92 Å². The van der Waals surface area contributed by atoms with E-state index in [2.05, 4.69) is 20.8 Å². The zero-order chi connectivity index (χ0) is 6.91. The first-order chi connectivity index (χ1) is 4.17. The van der Waals surface area contributed by atoms with Gasteiger partial charge in [0, 0.05) is 0 Å². The van der Waals surface area contributed by atoms with Gasteiger partial charge >= 0.3 is 0 Å². The van der Waals surface area contributed by atoms with Crippen molar-refractivity contribution < 1.29 is 0 Å². The Hall–Kier alpha value is 0. The molecule has 0 spiro atoms. The van der Waals surface area contributed by atoms with Gasteiger partial charge in [0.25, 0.3) is 0 Å². The maximum absolute atomic E-state index is 2.40. The zero-order valence-corrected chi connectivity index (χ0v) is 6.91. The molecule has 0 N–H and O–H groups in total. The summed E-state index contributed by atoms with van der Waals surface area (Å²) in [5, 5.41) is 0. The molecule has 1 fully saturated rings. The molecular formula is C9H18.